The maximum atomic E-state index is 13.8. The Morgan fingerprint density at radius 2 is 1.82 bits per heavy atom. The van der Waals surface area contributed by atoms with E-state index in [-0.39, 0.29) is 92.4 Å². The van der Waals surface area contributed by atoms with E-state index in [9.17, 15) is 27.9 Å². The molecule has 14 nitrogen and oxygen atoms in total. The summed E-state index contributed by atoms with van der Waals surface area (Å²) in [6.07, 6.45) is -0.0251. The minimum Gasteiger partial charge on any atom is -0.507 e. The lowest BCUT2D eigenvalue weighted by molar-refractivity contribution is -0.141. The average Bonchev–Trinajstić information content (AvgIpc) is 3.64. The molecule has 0 aliphatic carbocycles. The molecule has 4 aromatic rings. The van der Waals surface area contributed by atoms with Gasteiger partial charge < -0.3 is 34.2 Å². The van der Waals surface area contributed by atoms with Crippen LogP contribution in [0.4, 0.5) is 18.0 Å². The predicted molar refractivity (Wildman–Crippen MR) is 145 cm³/mol. The third-order valence-electron chi connectivity index (χ3n) is 6.78. The Morgan fingerprint density at radius 3 is 2.50 bits per heavy atom. The topological polar surface area (TPSA) is 157 Å². The van der Waals surface area contributed by atoms with Gasteiger partial charge in [0.1, 0.15) is 18.1 Å². The van der Waals surface area contributed by atoms with Crippen molar-refractivity contribution < 1.29 is 47.2 Å². The number of phenols is 1. The van der Waals surface area contributed by atoms with Crippen molar-refractivity contribution in [2.45, 2.75) is 12.7 Å². The van der Waals surface area contributed by atoms with E-state index in [4.69, 9.17) is 19.3 Å². The molecule has 1 saturated heterocycles. The van der Waals surface area contributed by atoms with Crippen LogP contribution in [0, 0.1) is 0 Å². The number of aromatic hydroxyl groups is 1. The molecule has 3 aromatic heterocycles. The summed E-state index contributed by atoms with van der Waals surface area (Å²) >= 11 is 0. The number of alkyl halides is 3. The van der Waals surface area contributed by atoms with Gasteiger partial charge in [0.25, 0.3) is 11.8 Å². The van der Waals surface area contributed by atoms with E-state index in [0.717, 1.165) is 4.68 Å². The highest BCUT2D eigenvalue weighted by molar-refractivity contribution is 5.97. The SMILES string of the molecule is COCCn1cc(-c2cnc3c(Oc4ccc(C(=O)N5CCN(C(=O)OCCO)CC5)c(O)c4)nccn23)c(C(F)(F)F)n1. The molecule has 0 saturated carbocycles. The first kappa shape index (κ1) is 30.6. The van der Waals surface area contributed by atoms with Crippen molar-refractivity contribution in [2.75, 3.05) is 53.1 Å². The lowest BCUT2D eigenvalue weighted by Crippen LogP contribution is -2.50. The molecule has 1 aliphatic rings. The molecule has 17 heteroatoms. The van der Waals surface area contributed by atoms with E-state index in [1.54, 1.807) is 0 Å². The lowest BCUT2D eigenvalue weighted by atomic mass is 10.1. The van der Waals surface area contributed by atoms with Crippen LogP contribution in [0.5, 0.6) is 17.4 Å². The largest absolute Gasteiger partial charge is 0.507 e. The number of benzene rings is 1. The van der Waals surface area contributed by atoms with Crippen molar-refractivity contribution >= 4 is 17.6 Å². The van der Waals surface area contributed by atoms with Gasteiger partial charge in [-0.25, -0.2) is 14.8 Å². The van der Waals surface area contributed by atoms with Gasteiger partial charge in [0.2, 0.25) is 5.65 Å². The number of imidazole rings is 1. The van der Waals surface area contributed by atoms with Crippen molar-refractivity contribution in [3.8, 4) is 28.6 Å². The molecule has 5 rings (SSSR count). The van der Waals surface area contributed by atoms with E-state index in [1.807, 2.05) is 0 Å². The first-order chi connectivity index (χ1) is 21.1. The maximum Gasteiger partial charge on any atom is 0.435 e. The number of hydrogen-bond donors (Lipinski definition) is 2. The lowest BCUT2D eigenvalue weighted by Gasteiger charge is -2.34. The third-order valence-corrected chi connectivity index (χ3v) is 6.78. The molecular formula is C27H28F3N7O7. The van der Waals surface area contributed by atoms with Gasteiger partial charge in [-0.2, -0.15) is 18.3 Å². The number of piperazine rings is 1. The van der Waals surface area contributed by atoms with Crippen LogP contribution in [0.1, 0.15) is 16.1 Å². The Hall–Kier alpha value is -4.90. The number of aliphatic hydroxyl groups excluding tert-OH is 1. The average molecular weight is 620 g/mol. The van der Waals surface area contributed by atoms with Crippen molar-refractivity contribution in [1.29, 1.82) is 0 Å². The number of hydrogen-bond acceptors (Lipinski definition) is 10. The molecule has 1 aliphatic heterocycles. The number of rotatable bonds is 9. The fourth-order valence-electron chi connectivity index (χ4n) is 4.64. The summed E-state index contributed by atoms with van der Waals surface area (Å²) in [5.74, 6) is -0.778. The summed E-state index contributed by atoms with van der Waals surface area (Å²) in [5, 5.41) is 23.1. The zero-order chi connectivity index (χ0) is 31.4. The van der Waals surface area contributed by atoms with Crippen LogP contribution < -0.4 is 4.74 Å². The Labute approximate surface area is 247 Å². The van der Waals surface area contributed by atoms with Crippen LogP contribution in [0.25, 0.3) is 16.9 Å². The smallest absolute Gasteiger partial charge is 0.435 e. The molecule has 4 heterocycles. The molecular weight excluding hydrogens is 591 g/mol. The van der Waals surface area contributed by atoms with Gasteiger partial charge in [-0.3, -0.25) is 13.9 Å². The van der Waals surface area contributed by atoms with E-state index < -0.39 is 23.9 Å². The number of fused-ring (bicyclic) bond motifs is 1. The zero-order valence-electron chi connectivity index (χ0n) is 23.4. The van der Waals surface area contributed by atoms with Crippen LogP contribution in [0.15, 0.2) is 43.0 Å². The van der Waals surface area contributed by atoms with Crippen molar-refractivity contribution in [1.82, 2.24) is 33.9 Å². The second-order valence-electron chi connectivity index (χ2n) is 9.61. The number of ether oxygens (including phenoxy) is 3. The molecule has 0 bridgehead atoms. The first-order valence-corrected chi connectivity index (χ1v) is 13.4. The van der Waals surface area contributed by atoms with Crippen molar-refractivity contribution in [2.24, 2.45) is 0 Å². The number of carbonyl (C=O) groups excluding carboxylic acids is 2. The van der Waals surface area contributed by atoms with Gasteiger partial charge in [0, 0.05) is 57.9 Å². The first-order valence-electron chi connectivity index (χ1n) is 13.4. The van der Waals surface area contributed by atoms with Gasteiger partial charge in [-0.1, -0.05) is 0 Å². The molecule has 0 unspecified atom stereocenters. The monoisotopic (exact) mass is 619 g/mol. The van der Waals surface area contributed by atoms with Gasteiger partial charge in [-0.05, 0) is 12.1 Å². The molecule has 0 atom stereocenters. The minimum atomic E-state index is -4.72. The number of methoxy groups -OCH3 is 1. The molecule has 0 spiro atoms. The second kappa shape index (κ2) is 12.8. The Morgan fingerprint density at radius 1 is 1.07 bits per heavy atom. The highest BCUT2D eigenvalue weighted by Crippen LogP contribution is 2.37. The van der Waals surface area contributed by atoms with E-state index in [2.05, 4.69) is 15.1 Å². The van der Waals surface area contributed by atoms with Crippen LogP contribution in [-0.4, -0.2) is 109 Å². The summed E-state index contributed by atoms with van der Waals surface area (Å²) in [5.41, 5.74) is -1.05. The van der Waals surface area contributed by atoms with Crippen LogP contribution in [0.2, 0.25) is 0 Å². The highest BCUT2D eigenvalue weighted by Gasteiger charge is 2.38. The fourth-order valence-corrected chi connectivity index (χ4v) is 4.64. The van der Waals surface area contributed by atoms with Crippen LogP contribution in [-0.2, 0) is 22.2 Å². The minimum absolute atomic E-state index is 0.00749. The van der Waals surface area contributed by atoms with Crippen molar-refractivity contribution in [3.63, 3.8) is 0 Å². The van der Waals surface area contributed by atoms with Crippen molar-refractivity contribution in [3.05, 3.63) is 54.2 Å². The van der Waals surface area contributed by atoms with E-state index >= 15 is 0 Å². The number of carbonyl (C=O) groups is 2. The maximum absolute atomic E-state index is 13.8. The number of nitrogens with zero attached hydrogens (tertiary/aromatic N) is 7. The van der Waals surface area contributed by atoms with Crippen LogP contribution in [0.3, 0.4) is 0 Å². The predicted octanol–water partition coefficient (Wildman–Crippen LogP) is 2.64. The molecule has 44 heavy (non-hydrogen) atoms. The molecule has 2 N–H and O–H groups in total. The number of phenolic OH excluding ortho intramolecular Hbond substituents is 1. The molecule has 2 amide bonds. The summed E-state index contributed by atoms with van der Waals surface area (Å²) in [6.45, 7) is 0.736. The van der Waals surface area contributed by atoms with E-state index in [0.29, 0.717) is 0 Å². The van der Waals surface area contributed by atoms with Gasteiger partial charge >= 0.3 is 12.3 Å². The molecule has 0 radical (unpaired) electrons. The fraction of sp³-hybridized carbons (Fsp3) is 0.370. The Bertz CT molecular complexity index is 1650. The Balaban J connectivity index is 1.33. The normalized spacial score (nSPS) is 13.8. The standard InChI is InChI=1S/C27H28F3N7O7/c1-42-12-10-36-16-19(22(33-36)27(28,29)30)20-15-32-23-24(31-4-5-37(20)23)44-17-2-3-18(21(39)14-17)25(40)34-6-8-35(9-7-34)26(41)43-13-11-38/h2-5,14-16,38-39H,6-13H2,1H3. The van der Waals surface area contributed by atoms with Gasteiger partial charge in [-0.15, -0.1) is 0 Å². The molecule has 1 fully saturated rings. The zero-order valence-corrected chi connectivity index (χ0v) is 23.4. The highest BCUT2D eigenvalue weighted by atomic mass is 19.4. The summed E-state index contributed by atoms with van der Waals surface area (Å²) < 4.78 is 59.7. The molecule has 234 valence electrons. The number of amides is 2. The third kappa shape index (κ3) is 6.37. The van der Waals surface area contributed by atoms with Crippen LogP contribution >= 0.6 is 0 Å². The Kier molecular flexibility index (Phi) is 8.86. The molecule has 1 aromatic carbocycles. The summed E-state index contributed by atoms with van der Waals surface area (Å²) in [6, 6.07) is 4.02. The number of aromatic nitrogens is 5. The van der Waals surface area contributed by atoms with Gasteiger partial charge in [0.15, 0.2) is 5.69 Å². The second-order valence-corrected chi connectivity index (χ2v) is 9.61. The number of halogens is 3. The quantitative estimate of drug-likeness (QED) is 0.286. The van der Waals surface area contributed by atoms with E-state index in [1.165, 1.54) is 64.3 Å². The summed E-state index contributed by atoms with van der Waals surface area (Å²) in [4.78, 5) is 36.3. The number of aliphatic hydroxyl groups is 1. The van der Waals surface area contributed by atoms with Gasteiger partial charge in [0.05, 0.1) is 42.8 Å². The summed E-state index contributed by atoms with van der Waals surface area (Å²) in [7, 11) is 1.44.